The average molecular weight is 282 g/mol. The van der Waals surface area contributed by atoms with Crippen LogP contribution in [0.1, 0.15) is 24.2 Å². The molecule has 1 N–H and O–H groups in total. The fourth-order valence-electron chi connectivity index (χ4n) is 1.95. The van der Waals surface area contributed by atoms with Gasteiger partial charge < -0.3 is 24.1 Å². The normalized spacial score (nSPS) is 20.6. The zero-order chi connectivity index (χ0) is 14.8. The van der Waals surface area contributed by atoms with Gasteiger partial charge in [-0.1, -0.05) is 0 Å². The maximum absolute atomic E-state index is 10.9. The predicted octanol–water partition coefficient (Wildman–Crippen LogP) is 1.92. The summed E-state index contributed by atoms with van der Waals surface area (Å²) in [6.07, 6.45) is -0.158. The molecule has 0 bridgehead atoms. The smallest absolute Gasteiger partial charge is 0.335 e. The number of benzene rings is 1. The number of hydrogen-bond donors (Lipinski definition) is 1. The first-order valence-corrected chi connectivity index (χ1v) is 6.27. The van der Waals surface area contributed by atoms with Crippen molar-refractivity contribution in [3.05, 3.63) is 23.8 Å². The van der Waals surface area contributed by atoms with Crippen LogP contribution in [0.5, 0.6) is 11.5 Å². The van der Waals surface area contributed by atoms with Crippen LogP contribution >= 0.6 is 0 Å². The van der Waals surface area contributed by atoms with E-state index < -0.39 is 11.8 Å². The Morgan fingerprint density at radius 1 is 1.45 bits per heavy atom. The van der Waals surface area contributed by atoms with Crippen molar-refractivity contribution in [3.63, 3.8) is 0 Å². The van der Waals surface area contributed by atoms with E-state index in [0.29, 0.717) is 24.7 Å². The summed E-state index contributed by atoms with van der Waals surface area (Å²) >= 11 is 0. The van der Waals surface area contributed by atoms with E-state index in [2.05, 4.69) is 0 Å². The number of hydrogen-bond acceptors (Lipinski definition) is 5. The Bertz CT molecular complexity index is 496. The minimum absolute atomic E-state index is 0.149. The maximum Gasteiger partial charge on any atom is 0.335 e. The Kier molecular flexibility index (Phi) is 4.15. The van der Waals surface area contributed by atoms with Gasteiger partial charge in [0.2, 0.25) is 0 Å². The third kappa shape index (κ3) is 3.40. The lowest BCUT2D eigenvalue weighted by Crippen LogP contribution is -2.25. The number of carboxylic acids is 1. The average Bonchev–Trinajstić information content (AvgIpc) is 2.75. The molecule has 1 atom stereocenters. The fraction of sp³-hybridized carbons (Fsp3) is 0.500. The van der Waals surface area contributed by atoms with Gasteiger partial charge in [-0.15, -0.1) is 0 Å². The van der Waals surface area contributed by atoms with Crippen LogP contribution in [-0.4, -0.2) is 43.3 Å². The van der Waals surface area contributed by atoms with Crippen LogP contribution in [0.2, 0.25) is 0 Å². The van der Waals surface area contributed by atoms with Gasteiger partial charge in [0.25, 0.3) is 0 Å². The highest BCUT2D eigenvalue weighted by molar-refractivity contribution is 5.88. The van der Waals surface area contributed by atoms with E-state index in [0.717, 1.165) is 0 Å². The summed E-state index contributed by atoms with van der Waals surface area (Å²) in [7, 11) is 1.46. The molecule has 0 spiro atoms. The van der Waals surface area contributed by atoms with Crippen molar-refractivity contribution in [1.29, 1.82) is 0 Å². The molecule has 6 heteroatoms. The molecule has 0 radical (unpaired) electrons. The minimum atomic E-state index is -1.01. The number of methoxy groups -OCH3 is 1. The molecule has 2 rings (SSSR count). The second kappa shape index (κ2) is 5.68. The zero-order valence-corrected chi connectivity index (χ0v) is 11.7. The van der Waals surface area contributed by atoms with Gasteiger partial charge in [-0.3, -0.25) is 0 Å². The summed E-state index contributed by atoms with van der Waals surface area (Å²) in [5.41, 5.74) is 0.149. The monoisotopic (exact) mass is 282 g/mol. The molecule has 1 saturated heterocycles. The van der Waals surface area contributed by atoms with Crippen LogP contribution < -0.4 is 9.47 Å². The van der Waals surface area contributed by atoms with Gasteiger partial charge >= 0.3 is 5.97 Å². The SMILES string of the molecule is COc1cc(C(=O)O)ccc1OCC1COC(C)(C)O1. The number of aromatic carboxylic acids is 1. The van der Waals surface area contributed by atoms with Gasteiger partial charge in [0.15, 0.2) is 17.3 Å². The molecule has 1 aliphatic rings. The van der Waals surface area contributed by atoms with Crippen LogP contribution in [0.4, 0.5) is 0 Å². The van der Waals surface area contributed by atoms with Gasteiger partial charge in [-0.2, -0.15) is 0 Å². The number of ether oxygens (including phenoxy) is 4. The first-order valence-electron chi connectivity index (χ1n) is 6.27. The summed E-state index contributed by atoms with van der Waals surface area (Å²) in [5, 5.41) is 8.92. The summed E-state index contributed by atoms with van der Waals surface area (Å²) in [6, 6.07) is 4.47. The lowest BCUT2D eigenvalue weighted by Gasteiger charge is -2.18. The van der Waals surface area contributed by atoms with Gasteiger partial charge in [-0.05, 0) is 32.0 Å². The second-order valence-electron chi connectivity index (χ2n) is 4.93. The van der Waals surface area contributed by atoms with E-state index in [-0.39, 0.29) is 11.7 Å². The first kappa shape index (κ1) is 14.6. The summed E-state index contributed by atoms with van der Waals surface area (Å²) in [4.78, 5) is 10.9. The van der Waals surface area contributed by atoms with Crippen molar-refractivity contribution in [2.24, 2.45) is 0 Å². The Balaban J connectivity index is 2.01. The quantitative estimate of drug-likeness (QED) is 0.889. The standard InChI is InChI=1S/C14H18O6/c1-14(2)19-8-10(20-14)7-18-11-5-4-9(13(15)16)6-12(11)17-3/h4-6,10H,7-8H2,1-3H3,(H,15,16). The summed E-state index contributed by atoms with van der Waals surface area (Å²) in [5.74, 6) is -0.747. The molecular formula is C14H18O6. The van der Waals surface area contributed by atoms with Crippen molar-refractivity contribution < 1.29 is 28.8 Å². The van der Waals surface area contributed by atoms with E-state index in [1.807, 2.05) is 13.8 Å². The molecule has 0 saturated carbocycles. The molecule has 1 aromatic rings. The molecule has 0 amide bonds. The molecule has 0 aliphatic carbocycles. The molecule has 1 fully saturated rings. The van der Waals surface area contributed by atoms with Crippen LogP contribution in [0.25, 0.3) is 0 Å². The molecule has 0 aromatic heterocycles. The molecule has 1 aromatic carbocycles. The minimum Gasteiger partial charge on any atom is -0.493 e. The van der Waals surface area contributed by atoms with Gasteiger partial charge in [0, 0.05) is 0 Å². The topological polar surface area (TPSA) is 74.2 Å². The second-order valence-corrected chi connectivity index (χ2v) is 4.93. The molecule has 1 unspecified atom stereocenters. The van der Waals surface area contributed by atoms with Crippen molar-refractivity contribution in [2.45, 2.75) is 25.7 Å². The highest BCUT2D eigenvalue weighted by Gasteiger charge is 2.33. The van der Waals surface area contributed by atoms with Crippen LogP contribution in [0.3, 0.4) is 0 Å². The Morgan fingerprint density at radius 2 is 2.20 bits per heavy atom. The Hall–Kier alpha value is -1.79. The van der Waals surface area contributed by atoms with E-state index in [1.54, 1.807) is 6.07 Å². The van der Waals surface area contributed by atoms with Gasteiger partial charge in [0.05, 0.1) is 19.3 Å². The van der Waals surface area contributed by atoms with Crippen molar-refractivity contribution in [2.75, 3.05) is 20.3 Å². The maximum atomic E-state index is 10.9. The van der Waals surface area contributed by atoms with Crippen LogP contribution in [0, 0.1) is 0 Å². The highest BCUT2D eigenvalue weighted by Crippen LogP contribution is 2.29. The molecular weight excluding hydrogens is 264 g/mol. The number of carbonyl (C=O) groups is 1. The predicted molar refractivity (Wildman–Crippen MR) is 70.4 cm³/mol. The van der Waals surface area contributed by atoms with Crippen LogP contribution in [0.15, 0.2) is 18.2 Å². The largest absolute Gasteiger partial charge is 0.493 e. The molecule has 20 heavy (non-hydrogen) atoms. The van der Waals surface area contributed by atoms with E-state index >= 15 is 0 Å². The molecule has 1 aliphatic heterocycles. The van der Waals surface area contributed by atoms with Crippen molar-refractivity contribution in [1.82, 2.24) is 0 Å². The lowest BCUT2D eigenvalue weighted by atomic mass is 10.2. The molecule has 6 nitrogen and oxygen atoms in total. The van der Waals surface area contributed by atoms with Crippen LogP contribution in [-0.2, 0) is 9.47 Å². The molecule has 1 heterocycles. The summed E-state index contributed by atoms with van der Waals surface area (Å²) in [6.45, 7) is 4.46. The van der Waals surface area contributed by atoms with E-state index in [9.17, 15) is 4.79 Å². The zero-order valence-electron chi connectivity index (χ0n) is 11.7. The van der Waals surface area contributed by atoms with E-state index in [1.165, 1.54) is 19.2 Å². The number of carboxylic acid groups (broad SMARTS) is 1. The van der Waals surface area contributed by atoms with Gasteiger partial charge in [-0.25, -0.2) is 4.79 Å². The third-order valence-corrected chi connectivity index (χ3v) is 2.90. The number of rotatable bonds is 5. The summed E-state index contributed by atoms with van der Waals surface area (Å²) < 4.78 is 21.8. The highest BCUT2D eigenvalue weighted by atomic mass is 16.7. The molecule has 110 valence electrons. The third-order valence-electron chi connectivity index (χ3n) is 2.90. The van der Waals surface area contributed by atoms with E-state index in [4.69, 9.17) is 24.1 Å². The fourth-order valence-corrected chi connectivity index (χ4v) is 1.95. The van der Waals surface area contributed by atoms with Crippen molar-refractivity contribution >= 4 is 5.97 Å². The Labute approximate surface area is 117 Å². The van der Waals surface area contributed by atoms with Gasteiger partial charge in [0.1, 0.15) is 12.7 Å². The lowest BCUT2D eigenvalue weighted by molar-refractivity contribution is -0.141. The Morgan fingerprint density at radius 3 is 2.75 bits per heavy atom. The van der Waals surface area contributed by atoms with Crippen molar-refractivity contribution in [3.8, 4) is 11.5 Å². The first-order chi connectivity index (χ1) is 9.41.